The Balaban J connectivity index is 2.70. The van der Waals surface area contributed by atoms with E-state index in [4.69, 9.17) is 16.7 Å². The van der Waals surface area contributed by atoms with Gasteiger partial charge in [-0.2, -0.15) is 0 Å². The number of aromatic carboxylic acids is 1. The predicted molar refractivity (Wildman–Crippen MR) is 66.4 cm³/mol. The molecule has 2 aromatic rings. The Morgan fingerprint density at radius 1 is 1.53 bits per heavy atom. The highest BCUT2D eigenvalue weighted by atomic mass is 79.9. The predicted octanol–water partition coefficient (Wildman–Crippen LogP) is 4.15. The first kappa shape index (κ1) is 10.9. The van der Waals surface area contributed by atoms with E-state index in [1.54, 1.807) is 0 Å². The summed E-state index contributed by atoms with van der Waals surface area (Å²) in [4.78, 5) is 11.1. The minimum Gasteiger partial charge on any atom is -0.477 e. The van der Waals surface area contributed by atoms with Crippen molar-refractivity contribution in [2.75, 3.05) is 0 Å². The number of hydrogen-bond acceptors (Lipinski definition) is 2. The van der Waals surface area contributed by atoms with E-state index >= 15 is 0 Å². The van der Waals surface area contributed by atoms with E-state index in [-0.39, 0.29) is 4.88 Å². The maximum atomic E-state index is 10.9. The molecule has 0 saturated carbocycles. The van der Waals surface area contributed by atoms with E-state index in [0.717, 1.165) is 21.0 Å². The molecule has 0 aliphatic carbocycles. The number of alkyl halides is 1. The molecular formula is C10H6BrClO2S. The number of carboxylic acids is 1. The van der Waals surface area contributed by atoms with Crippen LogP contribution < -0.4 is 0 Å². The normalized spacial score (nSPS) is 10.8. The van der Waals surface area contributed by atoms with E-state index in [1.165, 1.54) is 11.3 Å². The van der Waals surface area contributed by atoms with E-state index in [2.05, 4.69) is 15.9 Å². The first-order valence-electron chi connectivity index (χ1n) is 4.13. The molecule has 0 bridgehead atoms. The standard InChI is InChI=1S/C10H6BrClO2S/c11-4-5-1-2-6-7(3-5)15-9(8(6)12)10(13)14/h1-3H,4H2,(H,13,14). The number of carboxylic acid groups (broad SMARTS) is 1. The SMILES string of the molecule is O=C(O)c1sc2cc(CBr)ccc2c1Cl. The van der Waals surface area contributed by atoms with Gasteiger partial charge in [0.05, 0.1) is 5.02 Å². The third-order valence-electron chi connectivity index (χ3n) is 2.04. The molecule has 0 atom stereocenters. The van der Waals surface area contributed by atoms with Crippen molar-refractivity contribution in [2.45, 2.75) is 5.33 Å². The Kier molecular flexibility index (Phi) is 3.00. The van der Waals surface area contributed by atoms with Crippen molar-refractivity contribution in [3.8, 4) is 0 Å². The number of thiophene rings is 1. The molecule has 1 aromatic carbocycles. The molecule has 1 aromatic heterocycles. The second-order valence-corrected chi connectivity index (χ2v) is 5.01. The van der Waals surface area contributed by atoms with Crippen LogP contribution in [0.15, 0.2) is 18.2 Å². The van der Waals surface area contributed by atoms with Crippen molar-refractivity contribution >= 4 is 54.9 Å². The van der Waals surface area contributed by atoms with Gasteiger partial charge in [0.2, 0.25) is 0 Å². The van der Waals surface area contributed by atoms with Crippen molar-refractivity contribution in [1.29, 1.82) is 0 Å². The van der Waals surface area contributed by atoms with Gasteiger partial charge >= 0.3 is 5.97 Å². The van der Waals surface area contributed by atoms with Gasteiger partial charge < -0.3 is 5.11 Å². The molecule has 15 heavy (non-hydrogen) atoms. The topological polar surface area (TPSA) is 37.3 Å². The molecule has 0 aliphatic rings. The van der Waals surface area contributed by atoms with Gasteiger partial charge in [-0.25, -0.2) is 4.79 Å². The molecule has 1 heterocycles. The van der Waals surface area contributed by atoms with Crippen LogP contribution in [-0.4, -0.2) is 11.1 Å². The molecule has 0 unspecified atom stereocenters. The molecule has 78 valence electrons. The molecule has 2 nitrogen and oxygen atoms in total. The Labute approximate surface area is 104 Å². The molecule has 2 rings (SSSR count). The maximum absolute atomic E-state index is 10.9. The van der Waals surface area contributed by atoms with Crippen molar-refractivity contribution in [1.82, 2.24) is 0 Å². The Morgan fingerprint density at radius 2 is 2.27 bits per heavy atom. The van der Waals surface area contributed by atoms with Crippen LogP contribution in [0.4, 0.5) is 0 Å². The van der Waals surface area contributed by atoms with Crippen molar-refractivity contribution in [2.24, 2.45) is 0 Å². The average molecular weight is 306 g/mol. The lowest BCUT2D eigenvalue weighted by molar-refractivity contribution is 0.0702. The smallest absolute Gasteiger partial charge is 0.347 e. The van der Waals surface area contributed by atoms with Gasteiger partial charge in [0.15, 0.2) is 0 Å². The van der Waals surface area contributed by atoms with E-state index in [1.807, 2.05) is 18.2 Å². The molecule has 0 saturated heterocycles. The molecular weight excluding hydrogens is 300 g/mol. The number of carbonyl (C=O) groups is 1. The number of fused-ring (bicyclic) bond motifs is 1. The minimum atomic E-state index is -0.971. The molecule has 0 fully saturated rings. The zero-order valence-corrected chi connectivity index (χ0v) is 10.6. The van der Waals surface area contributed by atoms with E-state index < -0.39 is 5.97 Å². The summed E-state index contributed by atoms with van der Waals surface area (Å²) >= 11 is 10.5. The lowest BCUT2D eigenvalue weighted by Gasteiger charge is -1.94. The van der Waals surface area contributed by atoms with Gasteiger partial charge in [0.1, 0.15) is 4.88 Å². The van der Waals surface area contributed by atoms with Crippen molar-refractivity contribution < 1.29 is 9.90 Å². The molecule has 0 spiro atoms. The van der Waals surface area contributed by atoms with Gasteiger partial charge in [-0.3, -0.25) is 0 Å². The summed E-state index contributed by atoms with van der Waals surface area (Å²) in [5.41, 5.74) is 1.11. The second kappa shape index (κ2) is 4.12. The summed E-state index contributed by atoms with van der Waals surface area (Å²) in [5, 5.41) is 10.8. The Morgan fingerprint density at radius 3 is 2.87 bits per heavy atom. The Bertz CT molecular complexity index is 535. The number of halogens is 2. The van der Waals surface area contributed by atoms with E-state index in [0.29, 0.717) is 5.02 Å². The fourth-order valence-electron chi connectivity index (χ4n) is 1.33. The lowest BCUT2D eigenvalue weighted by Crippen LogP contribution is -1.91. The van der Waals surface area contributed by atoms with Crippen LogP contribution in [0.3, 0.4) is 0 Å². The van der Waals surface area contributed by atoms with Gasteiger partial charge in [-0.1, -0.05) is 39.7 Å². The number of benzene rings is 1. The first-order chi connectivity index (χ1) is 7.13. The monoisotopic (exact) mass is 304 g/mol. The van der Waals surface area contributed by atoms with Gasteiger partial charge in [-0.05, 0) is 11.6 Å². The van der Waals surface area contributed by atoms with Crippen molar-refractivity contribution in [3.05, 3.63) is 33.7 Å². The second-order valence-electron chi connectivity index (χ2n) is 3.01. The third-order valence-corrected chi connectivity index (χ3v) is 4.34. The van der Waals surface area contributed by atoms with Crippen LogP contribution in [0.5, 0.6) is 0 Å². The molecule has 0 aliphatic heterocycles. The van der Waals surface area contributed by atoms with Gasteiger partial charge in [0.25, 0.3) is 0 Å². The highest BCUT2D eigenvalue weighted by molar-refractivity contribution is 9.08. The third kappa shape index (κ3) is 1.89. The zero-order chi connectivity index (χ0) is 11.0. The highest BCUT2D eigenvalue weighted by Gasteiger charge is 2.15. The number of rotatable bonds is 2. The van der Waals surface area contributed by atoms with Crippen LogP contribution in [0.25, 0.3) is 10.1 Å². The van der Waals surface area contributed by atoms with E-state index in [9.17, 15) is 4.79 Å². The van der Waals surface area contributed by atoms with Gasteiger partial charge in [-0.15, -0.1) is 11.3 Å². The average Bonchev–Trinajstić information content (AvgIpc) is 2.55. The maximum Gasteiger partial charge on any atom is 0.347 e. The van der Waals surface area contributed by atoms with Crippen LogP contribution in [0.2, 0.25) is 5.02 Å². The summed E-state index contributed by atoms with van der Waals surface area (Å²) in [6.07, 6.45) is 0. The molecule has 0 radical (unpaired) electrons. The number of hydrogen-bond donors (Lipinski definition) is 1. The molecule has 0 amide bonds. The fraction of sp³-hybridized carbons (Fsp3) is 0.100. The fourth-order valence-corrected chi connectivity index (χ4v) is 3.09. The summed E-state index contributed by atoms with van der Waals surface area (Å²) in [6.45, 7) is 0. The van der Waals surface area contributed by atoms with Crippen LogP contribution in [0, 0.1) is 0 Å². The van der Waals surface area contributed by atoms with Crippen LogP contribution in [-0.2, 0) is 5.33 Å². The zero-order valence-electron chi connectivity index (χ0n) is 7.46. The summed E-state index contributed by atoms with van der Waals surface area (Å²) in [6, 6.07) is 5.74. The minimum absolute atomic E-state index is 0.207. The summed E-state index contributed by atoms with van der Waals surface area (Å²) < 4.78 is 0.911. The summed E-state index contributed by atoms with van der Waals surface area (Å²) in [7, 11) is 0. The Hall–Kier alpha value is -0.580. The lowest BCUT2D eigenvalue weighted by atomic mass is 10.2. The summed E-state index contributed by atoms with van der Waals surface area (Å²) in [5.74, 6) is -0.971. The van der Waals surface area contributed by atoms with Crippen LogP contribution >= 0.6 is 38.9 Å². The quantitative estimate of drug-likeness (QED) is 0.846. The largest absolute Gasteiger partial charge is 0.477 e. The molecule has 5 heteroatoms. The molecule has 1 N–H and O–H groups in total. The van der Waals surface area contributed by atoms with Crippen molar-refractivity contribution in [3.63, 3.8) is 0 Å². The van der Waals surface area contributed by atoms with Crippen LogP contribution in [0.1, 0.15) is 15.2 Å². The highest BCUT2D eigenvalue weighted by Crippen LogP contribution is 2.35. The van der Waals surface area contributed by atoms with Gasteiger partial charge in [0, 0.05) is 15.4 Å². The first-order valence-corrected chi connectivity index (χ1v) is 6.45.